The molecule has 0 aliphatic rings. The Morgan fingerprint density at radius 3 is 1.82 bits per heavy atom. The van der Waals surface area contributed by atoms with E-state index in [1.54, 1.807) is 0 Å². The zero-order valence-electron chi connectivity index (χ0n) is 27.7. The van der Waals surface area contributed by atoms with Crippen molar-refractivity contribution in [2.75, 3.05) is 4.90 Å². The first-order valence-electron chi connectivity index (χ1n) is 17.3. The van der Waals surface area contributed by atoms with Gasteiger partial charge >= 0.3 is 0 Å². The molecule has 0 spiro atoms. The van der Waals surface area contributed by atoms with E-state index in [2.05, 4.69) is 187 Å². The highest BCUT2D eigenvalue weighted by atomic mass is 32.1. The molecule has 0 fully saturated rings. The average molecular weight is 670 g/mol. The second-order valence-electron chi connectivity index (χ2n) is 12.9. The van der Waals surface area contributed by atoms with Gasteiger partial charge < -0.3 is 9.32 Å². The molecule has 0 bridgehead atoms. The fraction of sp³-hybridized carbons (Fsp3) is 0. The Balaban J connectivity index is 1.19. The Morgan fingerprint density at radius 1 is 0.392 bits per heavy atom. The van der Waals surface area contributed by atoms with Gasteiger partial charge in [0.2, 0.25) is 0 Å². The molecule has 0 atom stereocenters. The van der Waals surface area contributed by atoms with E-state index in [0.29, 0.717) is 0 Å². The van der Waals surface area contributed by atoms with Crippen molar-refractivity contribution >= 4 is 70.5 Å². The quantitative estimate of drug-likeness (QED) is 0.175. The summed E-state index contributed by atoms with van der Waals surface area (Å²) in [5.74, 6) is 0. The number of hydrogen-bond acceptors (Lipinski definition) is 3. The molecule has 0 aliphatic carbocycles. The van der Waals surface area contributed by atoms with Crippen molar-refractivity contribution in [2.24, 2.45) is 0 Å². The van der Waals surface area contributed by atoms with Crippen LogP contribution in [0, 0.1) is 0 Å². The number of rotatable bonds is 6. The van der Waals surface area contributed by atoms with Crippen LogP contribution in [0.3, 0.4) is 0 Å². The van der Waals surface area contributed by atoms with Crippen LogP contribution in [-0.2, 0) is 0 Å². The van der Waals surface area contributed by atoms with Crippen LogP contribution in [0.1, 0.15) is 0 Å². The summed E-state index contributed by atoms with van der Waals surface area (Å²) in [5, 5.41) is 4.84. The molecule has 0 aliphatic heterocycles. The summed E-state index contributed by atoms with van der Waals surface area (Å²) in [5.41, 5.74) is 11.9. The predicted octanol–water partition coefficient (Wildman–Crippen LogP) is 14.4. The highest BCUT2D eigenvalue weighted by molar-refractivity contribution is 7.25. The number of thiophene rings is 1. The van der Waals surface area contributed by atoms with Crippen molar-refractivity contribution in [2.45, 2.75) is 0 Å². The second-order valence-corrected chi connectivity index (χ2v) is 14.0. The Hall–Kier alpha value is -6.42. The van der Waals surface area contributed by atoms with Crippen LogP contribution >= 0.6 is 11.3 Å². The van der Waals surface area contributed by atoms with Gasteiger partial charge in [-0.2, -0.15) is 0 Å². The second kappa shape index (κ2) is 12.2. The summed E-state index contributed by atoms with van der Waals surface area (Å²) in [6, 6.07) is 67.3. The van der Waals surface area contributed by atoms with Crippen molar-refractivity contribution in [3.63, 3.8) is 0 Å². The van der Waals surface area contributed by atoms with Gasteiger partial charge in [0.1, 0.15) is 5.58 Å². The van der Waals surface area contributed by atoms with Crippen LogP contribution < -0.4 is 4.90 Å². The molecule has 0 unspecified atom stereocenters. The molecule has 0 N–H and O–H groups in total. The predicted molar refractivity (Wildman–Crippen MR) is 218 cm³/mol. The van der Waals surface area contributed by atoms with Crippen molar-refractivity contribution < 1.29 is 4.42 Å². The molecule has 10 rings (SSSR count). The summed E-state index contributed by atoms with van der Waals surface area (Å²) in [7, 11) is 0. The highest BCUT2D eigenvalue weighted by Gasteiger charge is 2.24. The summed E-state index contributed by atoms with van der Waals surface area (Å²) >= 11 is 1.85. The maximum absolute atomic E-state index is 6.84. The van der Waals surface area contributed by atoms with E-state index in [1.807, 2.05) is 17.4 Å². The molecule has 8 aromatic carbocycles. The van der Waals surface area contributed by atoms with Gasteiger partial charge in [-0.1, -0.05) is 140 Å². The van der Waals surface area contributed by atoms with Gasteiger partial charge in [0.05, 0.1) is 11.4 Å². The molecule has 0 saturated carbocycles. The molecular formula is C48H31NOS. The van der Waals surface area contributed by atoms with Crippen LogP contribution in [0.4, 0.5) is 17.1 Å². The van der Waals surface area contributed by atoms with Crippen LogP contribution in [0.5, 0.6) is 0 Å². The van der Waals surface area contributed by atoms with E-state index in [-0.39, 0.29) is 0 Å². The number of anilines is 3. The molecule has 51 heavy (non-hydrogen) atoms. The first kappa shape index (κ1) is 29.5. The third-order valence-electron chi connectivity index (χ3n) is 9.90. The topological polar surface area (TPSA) is 16.4 Å². The van der Waals surface area contributed by atoms with Gasteiger partial charge in [-0.3, -0.25) is 0 Å². The summed E-state index contributed by atoms with van der Waals surface area (Å²) in [6.45, 7) is 0. The maximum atomic E-state index is 6.84. The Labute approximate surface area is 300 Å². The number of hydrogen-bond donors (Lipinski definition) is 0. The Morgan fingerprint density at radius 2 is 1.02 bits per heavy atom. The zero-order chi connectivity index (χ0) is 33.7. The number of furan rings is 1. The molecule has 10 aromatic rings. The van der Waals surface area contributed by atoms with Crippen LogP contribution in [0.25, 0.3) is 75.5 Å². The first-order valence-corrected chi connectivity index (χ1v) is 18.1. The van der Waals surface area contributed by atoms with Gasteiger partial charge in [0.15, 0.2) is 5.58 Å². The third-order valence-corrected chi connectivity index (χ3v) is 11.0. The van der Waals surface area contributed by atoms with E-state index in [0.717, 1.165) is 61.3 Å². The fourth-order valence-corrected chi connectivity index (χ4v) is 8.58. The van der Waals surface area contributed by atoms with Crippen molar-refractivity contribution in [1.82, 2.24) is 0 Å². The largest absolute Gasteiger partial charge is 0.454 e. The number of para-hydroxylation sites is 2. The van der Waals surface area contributed by atoms with E-state index in [4.69, 9.17) is 4.42 Å². The minimum Gasteiger partial charge on any atom is -0.454 e. The smallest absolute Gasteiger partial charge is 0.160 e. The van der Waals surface area contributed by atoms with E-state index < -0.39 is 0 Å². The van der Waals surface area contributed by atoms with Crippen molar-refractivity contribution in [3.8, 4) is 33.4 Å². The maximum Gasteiger partial charge on any atom is 0.160 e. The minimum absolute atomic E-state index is 0.860. The molecular weight excluding hydrogens is 639 g/mol. The molecule has 2 nitrogen and oxygen atoms in total. The number of benzene rings is 8. The lowest BCUT2D eigenvalue weighted by Crippen LogP contribution is -2.11. The summed E-state index contributed by atoms with van der Waals surface area (Å²) in [4.78, 5) is 2.36. The molecule has 240 valence electrons. The lowest BCUT2D eigenvalue weighted by atomic mass is 9.97. The summed E-state index contributed by atoms with van der Waals surface area (Å²) < 4.78 is 9.47. The molecule has 3 heteroatoms. The Bertz CT molecular complexity index is 2850. The van der Waals surface area contributed by atoms with Crippen LogP contribution in [0.15, 0.2) is 192 Å². The number of nitrogens with zero attached hydrogens (tertiary/aromatic N) is 1. The van der Waals surface area contributed by atoms with Gasteiger partial charge in [0, 0.05) is 42.2 Å². The lowest BCUT2D eigenvalue weighted by Gasteiger charge is -2.28. The normalized spacial score (nSPS) is 11.5. The Kier molecular flexibility index (Phi) is 7.04. The third kappa shape index (κ3) is 5.01. The standard InChI is InChI=1S/C48H31NOS/c1-3-13-33(14-4-1)37-17-7-10-20-42(37)49(36-26-23-32(24-27-36)35-25-30-46-41(31-35)39-18-9-12-22-45(39)51-46)43-29-28-38(34-15-5-2-6-16-34)47-40-19-8-11-21-44(40)50-48(43)47/h1-31H. The number of fused-ring (bicyclic) bond motifs is 6. The zero-order valence-corrected chi connectivity index (χ0v) is 28.5. The van der Waals surface area contributed by atoms with Gasteiger partial charge in [-0.15, -0.1) is 11.3 Å². The average Bonchev–Trinajstić information content (AvgIpc) is 3.78. The molecule has 2 aromatic heterocycles. The van der Waals surface area contributed by atoms with Crippen molar-refractivity contribution in [3.05, 3.63) is 188 Å². The van der Waals surface area contributed by atoms with E-state index in [1.165, 1.54) is 31.3 Å². The van der Waals surface area contributed by atoms with Crippen molar-refractivity contribution in [1.29, 1.82) is 0 Å². The minimum atomic E-state index is 0.860. The molecule has 0 radical (unpaired) electrons. The molecule has 2 heterocycles. The fourth-order valence-electron chi connectivity index (χ4n) is 7.50. The van der Waals surface area contributed by atoms with Crippen LogP contribution in [-0.4, -0.2) is 0 Å². The monoisotopic (exact) mass is 669 g/mol. The lowest BCUT2D eigenvalue weighted by molar-refractivity contribution is 0.669. The van der Waals surface area contributed by atoms with Gasteiger partial charge in [-0.05, 0) is 76.3 Å². The van der Waals surface area contributed by atoms with E-state index in [9.17, 15) is 0 Å². The van der Waals surface area contributed by atoms with Gasteiger partial charge in [-0.25, -0.2) is 0 Å². The highest BCUT2D eigenvalue weighted by Crippen LogP contribution is 2.48. The first-order chi connectivity index (χ1) is 25.3. The van der Waals surface area contributed by atoms with E-state index >= 15 is 0 Å². The summed E-state index contributed by atoms with van der Waals surface area (Å²) in [6.07, 6.45) is 0. The molecule has 0 amide bonds. The van der Waals surface area contributed by atoms with Gasteiger partial charge in [0.25, 0.3) is 0 Å². The van der Waals surface area contributed by atoms with Crippen LogP contribution in [0.2, 0.25) is 0 Å². The SMILES string of the molecule is c1ccc(-c2ccccc2N(c2ccc(-c3ccc4sc5ccccc5c4c3)cc2)c2ccc(-c3ccccc3)c3c2oc2ccccc23)cc1. The molecule has 0 saturated heterocycles.